The molecule has 15 heteroatoms. The standard InChI is InChI=1S/C46H61N5O10.C2H6/c1-3-21-57-25-27-60-29-30-61-28-26-59-23-7-22-58-24-20-49-46(56)40-16-15-37(38-8-4-5-9-39(38)40)35-11-13-36(14-12-35)41(32-45(54)55)51-44(53)33-50-43(52)10-6-18-47-42-31-34(2)17-19-48-42;1-2/h4-5,8-9,11-17,19,31,41H,3,6-7,10,18,20-30,32-33H2,1-2H3,(H,47,48)(H,49,56)(H,50,52)(H,51,53)(H,54,55);1-2H3/t41-;/m0./s1. The number of benzene rings is 3. The van der Waals surface area contributed by atoms with E-state index >= 15 is 0 Å². The topological polar surface area (TPSA) is 196 Å². The van der Waals surface area contributed by atoms with E-state index in [1.807, 2.05) is 75.4 Å². The number of aromatic nitrogens is 1. The molecule has 0 radical (unpaired) electrons. The number of carboxylic acids is 1. The number of carbonyl (C=O) groups is 4. The molecule has 4 aromatic rings. The van der Waals surface area contributed by atoms with Gasteiger partial charge in [0, 0.05) is 51.1 Å². The van der Waals surface area contributed by atoms with Crippen molar-refractivity contribution < 1.29 is 48.0 Å². The zero-order chi connectivity index (χ0) is 45.5. The van der Waals surface area contributed by atoms with Crippen molar-refractivity contribution in [3.63, 3.8) is 0 Å². The average molecular weight is 874 g/mol. The highest BCUT2D eigenvalue weighted by Crippen LogP contribution is 2.32. The highest BCUT2D eigenvalue weighted by Gasteiger charge is 2.20. The van der Waals surface area contributed by atoms with Gasteiger partial charge in [0.05, 0.1) is 65.3 Å². The molecular weight excluding hydrogens is 807 g/mol. The lowest BCUT2D eigenvalue weighted by Gasteiger charge is -2.19. The van der Waals surface area contributed by atoms with Gasteiger partial charge in [0.25, 0.3) is 5.91 Å². The summed E-state index contributed by atoms with van der Waals surface area (Å²) in [6.07, 6.45) is 3.86. The predicted octanol–water partition coefficient (Wildman–Crippen LogP) is 6.49. The fraction of sp³-hybridized carbons (Fsp3) is 0.479. The quantitative estimate of drug-likeness (QED) is 0.0346. The van der Waals surface area contributed by atoms with E-state index < -0.39 is 17.9 Å². The minimum absolute atomic E-state index is 0.212. The Bertz CT molecular complexity index is 1940. The maximum atomic E-state index is 13.3. The summed E-state index contributed by atoms with van der Waals surface area (Å²) in [6.45, 7) is 14.0. The third-order valence-corrected chi connectivity index (χ3v) is 9.33. The van der Waals surface area contributed by atoms with Crippen molar-refractivity contribution in [3.8, 4) is 11.1 Å². The molecule has 1 atom stereocenters. The molecule has 0 aliphatic carbocycles. The van der Waals surface area contributed by atoms with Gasteiger partial charge in [-0.2, -0.15) is 0 Å². The number of hydrogen-bond acceptors (Lipinski definition) is 11. The molecule has 4 rings (SSSR count). The second kappa shape index (κ2) is 31.4. The van der Waals surface area contributed by atoms with Crippen LogP contribution in [0.15, 0.2) is 79.0 Å². The van der Waals surface area contributed by atoms with Crippen LogP contribution in [0.3, 0.4) is 0 Å². The molecule has 3 aromatic carbocycles. The number of nitrogens with zero attached hydrogens (tertiary/aromatic N) is 1. The Morgan fingerprint density at radius 3 is 1.97 bits per heavy atom. The molecule has 0 aliphatic heterocycles. The lowest BCUT2D eigenvalue weighted by atomic mass is 9.93. The third-order valence-electron chi connectivity index (χ3n) is 9.33. The number of pyridine rings is 1. The van der Waals surface area contributed by atoms with E-state index in [0.29, 0.717) is 90.1 Å². The van der Waals surface area contributed by atoms with Crippen LogP contribution in [-0.4, -0.2) is 119 Å². The normalized spacial score (nSPS) is 11.3. The van der Waals surface area contributed by atoms with Gasteiger partial charge in [-0.15, -0.1) is 0 Å². The van der Waals surface area contributed by atoms with Crippen LogP contribution >= 0.6 is 0 Å². The molecule has 5 N–H and O–H groups in total. The summed E-state index contributed by atoms with van der Waals surface area (Å²) in [5.41, 5.74) is 3.95. The first kappa shape index (κ1) is 51.9. The van der Waals surface area contributed by atoms with Crippen molar-refractivity contribution in [1.29, 1.82) is 0 Å². The van der Waals surface area contributed by atoms with Gasteiger partial charge >= 0.3 is 5.97 Å². The Labute approximate surface area is 372 Å². The number of carbonyl (C=O) groups excluding carboxylic acids is 3. The lowest BCUT2D eigenvalue weighted by Crippen LogP contribution is -2.39. The van der Waals surface area contributed by atoms with Gasteiger partial charge in [-0.1, -0.05) is 75.4 Å². The molecule has 0 saturated carbocycles. The second-order valence-corrected chi connectivity index (χ2v) is 14.2. The number of carboxylic acid groups (broad SMARTS) is 1. The Balaban J connectivity index is 0.00000520. The lowest BCUT2D eigenvalue weighted by molar-refractivity contribution is -0.138. The Morgan fingerprint density at radius 1 is 0.683 bits per heavy atom. The zero-order valence-electron chi connectivity index (χ0n) is 37.4. The van der Waals surface area contributed by atoms with Gasteiger partial charge in [-0.3, -0.25) is 19.2 Å². The van der Waals surface area contributed by atoms with Crippen LogP contribution in [0.1, 0.15) is 80.4 Å². The summed E-state index contributed by atoms with van der Waals surface area (Å²) in [4.78, 5) is 54.4. The third kappa shape index (κ3) is 20.5. The van der Waals surface area contributed by atoms with E-state index in [1.165, 1.54) is 0 Å². The number of anilines is 1. The number of amides is 3. The van der Waals surface area contributed by atoms with Crippen molar-refractivity contribution in [2.45, 2.75) is 65.8 Å². The number of fused-ring (bicyclic) bond motifs is 1. The predicted molar refractivity (Wildman–Crippen MR) is 245 cm³/mol. The van der Waals surface area contributed by atoms with Crippen LogP contribution in [0.5, 0.6) is 0 Å². The minimum atomic E-state index is -1.08. The molecule has 63 heavy (non-hydrogen) atoms. The monoisotopic (exact) mass is 873 g/mol. The van der Waals surface area contributed by atoms with Crippen LogP contribution < -0.4 is 21.3 Å². The Morgan fingerprint density at radius 2 is 1.32 bits per heavy atom. The molecule has 0 saturated heterocycles. The fourth-order valence-corrected chi connectivity index (χ4v) is 6.28. The minimum Gasteiger partial charge on any atom is -0.481 e. The van der Waals surface area contributed by atoms with Crippen molar-refractivity contribution in [2.24, 2.45) is 0 Å². The second-order valence-electron chi connectivity index (χ2n) is 14.2. The number of ether oxygens (including phenoxy) is 5. The maximum absolute atomic E-state index is 13.3. The van der Waals surface area contributed by atoms with Gasteiger partial charge in [0.1, 0.15) is 5.82 Å². The first-order valence-electron chi connectivity index (χ1n) is 22.0. The molecule has 15 nitrogen and oxygen atoms in total. The molecule has 0 aliphatic rings. The summed E-state index contributed by atoms with van der Waals surface area (Å²) in [5.74, 6) is -1.34. The Hall–Kier alpha value is -5.45. The molecule has 0 unspecified atom stereocenters. The first-order chi connectivity index (χ1) is 30.7. The molecule has 0 fully saturated rings. The Kier molecular flexibility index (Phi) is 25.9. The summed E-state index contributed by atoms with van der Waals surface area (Å²) in [6, 6.07) is 21.6. The van der Waals surface area contributed by atoms with E-state index in [-0.39, 0.29) is 31.2 Å². The SMILES string of the molecule is CC.CCCOCCOCCOCCOCCCOCCNC(=O)c1ccc(-c2ccc([C@H](CC(=O)O)NC(=O)CNC(=O)CCCNc3cc(C)ccn3)cc2)c2ccccc12. The zero-order valence-corrected chi connectivity index (χ0v) is 37.4. The van der Waals surface area contributed by atoms with E-state index in [9.17, 15) is 24.3 Å². The molecular formula is C48H67N5O10. The number of hydrogen-bond donors (Lipinski definition) is 5. The van der Waals surface area contributed by atoms with E-state index in [1.54, 1.807) is 24.4 Å². The smallest absolute Gasteiger partial charge is 0.305 e. The average Bonchev–Trinajstić information content (AvgIpc) is 3.29. The largest absolute Gasteiger partial charge is 0.481 e. The molecule has 3 amide bonds. The van der Waals surface area contributed by atoms with E-state index in [2.05, 4.69) is 33.2 Å². The van der Waals surface area contributed by atoms with E-state index in [4.69, 9.17) is 23.7 Å². The van der Waals surface area contributed by atoms with Crippen molar-refractivity contribution in [1.82, 2.24) is 20.9 Å². The van der Waals surface area contributed by atoms with Gasteiger partial charge in [-0.05, 0) is 77.4 Å². The van der Waals surface area contributed by atoms with Gasteiger partial charge in [-0.25, -0.2) is 4.98 Å². The summed E-state index contributed by atoms with van der Waals surface area (Å²) < 4.78 is 27.6. The summed E-state index contributed by atoms with van der Waals surface area (Å²) in [7, 11) is 0. The number of aryl methyl sites for hydroxylation is 1. The summed E-state index contributed by atoms with van der Waals surface area (Å²) in [5, 5.41) is 22.7. The van der Waals surface area contributed by atoms with Crippen LogP contribution in [0.4, 0.5) is 5.82 Å². The summed E-state index contributed by atoms with van der Waals surface area (Å²) >= 11 is 0. The van der Waals surface area contributed by atoms with E-state index in [0.717, 1.165) is 52.7 Å². The first-order valence-corrected chi connectivity index (χ1v) is 22.0. The highest BCUT2D eigenvalue weighted by molar-refractivity contribution is 6.11. The maximum Gasteiger partial charge on any atom is 0.305 e. The molecule has 1 aromatic heterocycles. The van der Waals surface area contributed by atoms with Crippen LogP contribution in [0.25, 0.3) is 21.9 Å². The highest BCUT2D eigenvalue weighted by atomic mass is 16.6. The van der Waals surface area contributed by atoms with Crippen molar-refractivity contribution >= 4 is 40.3 Å². The van der Waals surface area contributed by atoms with Gasteiger partial charge in [0.2, 0.25) is 11.8 Å². The fourth-order valence-electron chi connectivity index (χ4n) is 6.28. The number of rotatable bonds is 31. The van der Waals surface area contributed by atoms with Crippen molar-refractivity contribution in [2.75, 3.05) is 91.0 Å². The van der Waals surface area contributed by atoms with Crippen LogP contribution in [-0.2, 0) is 38.1 Å². The molecule has 1 heterocycles. The molecule has 0 bridgehead atoms. The van der Waals surface area contributed by atoms with Gasteiger partial charge < -0.3 is 50.1 Å². The molecule has 344 valence electrons. The van der Waals surface area contributed by atoms with Gasteiger partial charge in [0.15, 0.2) is 0 Å². The van der Waals surface area contributed by atoms with Crippen LogP contribution in [0.2, 0.25) is 0 Å². The molecule has 0 spiro atoms. The number of aliphatic carboxylic acids is 1. The number of nitrogens with one attached hydrogen (secondary N) is 4. The van der Waals surface area contributed by atoms with Crippen LogP contribution in [0, 0.1) is 6.92 Å². The van der Waals surface area contributed by atoms with Crippen molar-refractivity contribution in [3.05, 3.63) is 95.7 Å².